The van der Waals surface area contributed by atoms with Gasteiger partial charge in [-0.3, -0.25) is 4.79 Å². The first-order valence-corrected chi connectivity index (χ1v) is 10.8. The second-order valence-electron chi connectivity index (χ2n) is 9.04. The van der Waals surface area contributed by atoms with Crippen molar-refractivity contribution in [3.05, 3.63) is 54.1 Å². The number of nitrogens with one attached hydrogen (secondary N) is 2. The normalized spacial score (nSPS) is 15.0. The van der Waals surface area contributed by atoms with Crippen molar-refractivity contribution in [1.82, 2.24) is 15.2 Å². The summed E-state index contributed by atoms with van der Waals surface area (Å²) >= 11 is 0. The van der Waals surface area contributed by atoms with E-state index in [1.54, 1.807) is 17.4 Å². The average Bonchev–Trinajstić information content (AvgIpc) is 3.41. The van der Waals surface area contributed by atoms with Gasteiger partial charge >= 0.3 is 6.09 Å². The quantitative estimate of drug-likeness (QED) is 0.611. The number of nitrogens with zero attached hydrogens (tertiary/aromatic N) is 1. The molecule has 1 aliphatic heterocycles. The summed E-state index contributed by atoms with van der Waals surface area (Å²) in [6.45, 7) is 7.06. The molecule has 8 heteroatoms. The van der Waals surface area contributed by atoms with Gasteiger partial charge in [0.15, 0.2) is 0 Å². The number of furan rings is 1. The molecule has 8 nitrogen and oxygen atoms in total. The van der Waals surface area contributed by atoms with Gasteiger partial charge in [-0.1, -0.05) is 6.07 Å². The molecule has 2 amide bonds. The molecule has 0 unspecified atom stereocenters. The molecular formula is C24H29N3O5. The van der Waals surface area contributed by atoms with E-state index in [0.717, 1.165) is 16.5 Å². The third-order valence-electron chi connectivity index (χ3n) is 5.33. The van der Waals surface area contributed by atoms with Crippen molar-refractivity contribution in [3.8, 4) is 5.75 Å². The zero-order valence-electron chi connectivity index (χ0n) is 18.6. The molecule has 0 atom stereocenters. The fourth-order valence-electron chi connectivity index (χ4n) is 3.71. The molecule has 0 aliphatic carbocycles. The topological polar surface area (TPSA) is 96.8 Å². The molecule has 2 aromatic heterocycles. The van der Waals surface area contributed by atoms with E-state index in [1.807, 2.05) is 51.1 Å². The van der Waals surface area contributed by atoms with Crippen LogP contribution >= 0.6 is 0 Å². The third kappa shape index (κ3) is 5.25. The number of rotatable bonds is 5. The van der Waals surface area contributed by atoms with Gasteiger partial charge in [-0.2, -0.15) is 0 Å². The number of carbonyl (C=O) groups excluding carboxylic acids is 2. The highest BCUT2D eigenvalue weighted by molar-refractivity contribution is 5.99. The Hall–Kier alpha value is -3.42. The highest BCUT2D eigenvalue weighted by atomic mass is 16.6. The minimum atomic E-state index is -0.515. The SMILES string of the molecule is CC(C)(C)OC(=O)N1CCC(NC(=O)c2cc3c(OCc4ccoc4)cccc3[nH]2)CC1. The maximum atomic E-state index is 12.8. The molecule has 170 valence electrons. The van der Waals surface area contributed by atoms with Crippen molar-refractivity contribution in [1.29, 1.82) is 0 Å². The number of hydrogen-bond donors (Lipinski definition) is 2. The predicted molar refractivity (Wildman–Crippen MR) is 120 cm³/mol. The maximum absolute atomic E-state index is 12.8. The minimum Gasteiger partial charge on any atom is -0.488 e. The Morgan fingerprint density at radius 3 is 2.69 bits per heavy atom. The van der Waals surface area contributed by atoms with Gasteiger partial charge in [0.25, 0.3) is 5.91 Å². The standard InChI is InChI=1S/C24H29N3O5/c1-24(2,3)32-23(29)27-10-7-17(8-11-27)25-22(28)20-13-18-19(26-20)5-4-6-21(18)31-15-16-9-12-30-14-16/h4-6,9,12-14,17,26H,7-8,10-11,15H2,1-3H3,(H,25,28). The molecule has 4 rings (SSSR count). The van der Waals surface area contributed by atoms with Gasteiger partial charge in [0.1, 0.15) is 23.7 Å². The Kier molecular flexibility index (Phi) is 6.12. The van der Waals surface area contributed by atoms with Gasteiger partial charge in [-0.15, -0.1) is 0 Å². The molecule has 0 saturated carbocycles. The van der Waals surface area contributed by atoms with E-state index >= 15 is 0 Å². The number of piperidine rings is 1. The van der Waals surface area contributed by atoms with Crippen LogP contribution in [0.4, 0.5) is 4.79 Å². The summed E-state index contributed by atoms with van der Waals surface area (Å²) in [5.41, 5.74) is 1.74. The first-order valence-electron chi connectivity index (χ1n) is 10.8. The lowest BCUT2D eigenvalue weighted by molar-refractivity contribution is 0.0199. The van der Waals surface area contributed by atoms with Crippen molar-refractivity contribution in [2.24, 2.45) is 0 Å². The van der Waals surface area contributed by atoms with Crippen LogP contribution in [-0.4, -0.2) is 46.6 Å². The molecule has 1 aliphatic rings. The van der Waals surface area contributed by atoms with Crippen LogP contribution in [0.2, 0.25) is 0 Å². The van der Waals surface area contributed by atoms with Crippen LogP contribution in [0, 0.1) is 0 Å². The van der Waals surface area contributed by atoms with Gasteiger partial charge in [0.05, 0.1) is 12.5 Å². The molecule has 1 saturated heterocycles. The van der Waals surface area contributed by atoms with E-state index < -0.39 is 5.60 Å². The predicted octanol–water partition coefficient (Wildman–Crippen LogP) is 4.47. The van der Waals surface area contributed by atoms with Crippen molar-refractivity contribution in [3.63, 3.8) is 0 Å². The van der Waals surface area contributed by atoms with Crippen LogP contribution in [0.15, 0.2) is 47.3 Å². The van der Waals surface area contributed by atoms with Gasteiger partial charge in [0.2, 0.25) is 0 Å². The number of hydrogen-bond acceptors (Lipinski definition) is 5. The lowest BCUT2D eigenvalue weighted by atomic mass is 10.1. The fraction of sp³-hybridized carbons (Fsp3) is 0.417. The van der Waals surface area contributed by atoms with Crippen molar-refractivity contribution in [2.75, 3.05) is 13.1 Å². The number of benzene rings is 1. The van der Waals surface area contributed by atoms with Crippen molar-refractivity contribution in [2.45, 2.75) is 51.9 Å². The molecule has 1 aromatic carbocycles. The lowest BCUT2D eigenvalue weighted by Gasteiger charge is -2.33. The van der Waals surface area contributed by atoms with Crippen molar-refractivity contribution >= 4 is 22.9 Å². The maximum Gasteiger partial charge on any atom is 0.410 e. The second kappa shape index (κ2) is 8.98. The number of ether oxygens (including phenoxy) is 2. The summed E-state index contributed by atoms with van der Waals surface area (Å²) in [5, 5.41) is 3.92. The summed E-state index contributed by atoms with van der Waals surface area (Å²) in [5.74, 6) is 0.530. The highest BCUT2D eigenvalue weighted by Crippen LogP contribution is 2.27. The van der Waals surface area contributed by atoms with Gasteiger partial charge in [0, 0.05) is 35.6 Å². The summed E-state index contributed by atoms with van der Waals surface area (Å²) in [4.78, 5) is 29.9. The van der Waals surface area contributed by atoms with Gasteiger partial charge in [-0.25, -0.2) is 4.79 Å². The Labute approximate surface area is 186 Å². The Balaban J connectivity index is 1.35. The monoisotopic (exact) mass is 439 g/mol. The largest absolute Gasteiger partial charge is 0.488 e. The molecule has 3 aromatic rings. The van der Waals surface area contributed by atoms with E-state index in [9.17, 15) is 9.59 Å². The molecule has 2 N–H and O–H groups in total. The molecule has 0 bridgehead atoms. The first-order chi connectivity index (χ1) is 15.3. The van der Waals surface area contributed by atoms with Crippen LogP contribution in [0.5, 0.6) is 5.75 Å². The van der Waals surface area contributed by atoms with Crippen LogP contribution in [0.25, 0.3) is 10.9 Å². The average molecular weight is 440 g/mol. The second-order valence-corrected chi connectivity index (χ2v) is 9.04. The highest BCUT2D eigenvalue weighted by Gasteiger charge is 2.28. The summed E-state index contributed by atoms with van der Waals surface area (Å²) in [6, 6.07) is 9.34. The Morgan fingerprint density at radius 1 is 1.22 bits per heavy atom. The molecule has 1 fully saturated rings. The number of carbonyl (C=O) groups is 2. The lowest BCUT2D eigenvalue weighted by Crippen LogP contribution is -2.47. The number of likely N-dealkylation sites (tertiary alicyclic amines) is 1. The van der Waals surface area contributed by atoms with E-state index in [0.29, 0.717) is 44.0 Å². The zero-order valence-corrected chi connectivity index (χ0v) is 18.6. The number of fused-ring (bicyclic) bond motifs is 1. The molecular weight excluding hydrogens is 410 g/mol. The molecule has 0 radical (unpaired) electrons. The number of aromatic amines is 1. The van der Waals surface area contributed by atoms with Gasteiger partial charge in [-0.05, 0) is 57.9 Å². The fourth-order valence-corrected chi connectivity index (χ4v) is 3.71. The summed E-state index contributed by atoms with van der Waals surface area (Å²) < 4.78 is 16.4. The number of aromatic nitrogens is 1. The van der Waals surface area contributed by atoms with E-state index in [2.05, 4.69) is 10.3 Å². The van der Waals surface area contributed by atoms with Crippen LogP contribution in [0.1, 0.15) is 49.7 Å². The molecule has 32 heavy (non-hydrogen) atoms. The summed E-state index contributed by atoms with van der Waals surface area (Å²) in [7, 11) is 0. The minimum absolute atomic E-state index is 0.00408. The molecule has 0 spiro atoms. The van der Waals surface area contributed by atoms with Gasteiger partial charge < -0.3 is 29.1 Å². The van der Waals surface area contributed by atoms with E-state index in [4.69, 9.17) is 13.9 Å². The third-order valence-corrected chi connectivity index (χ3v) is 5.33. The van der Waals surface area contributed by atoms with E-state index in [1.165, 1.54) is 0 Å². The Bertz CT molecular complexity index is 1070. The zero-order chi connectivity index (χ0) is 22.7. The van der Waals surface area contributed by atoms with Crippen LogP contribution < -0.4 is 10.1 Å². The van der Waals surface area contributed by atoms with Crippen LogP contribution in [0.3, 0.4) is 0 Å². The van der Waals surface area contributed by atoms with Crippen molar-refractivity contribution < 1.29 is 23.5 Å². The van der Waals surface area contributed by atoms with Crippen LogP contribution in [-0.2, 0) is 11.3 Å². The summed E-state index contributed by atoms with van der Waals surface area (Å²) in [6.07, 6.45) is 4.32. The Morgan fingerprint density at radius 2 is 2.00 bits per heavy atom. The van der Waals surface area contributed by atoms with E-state index in [-0.39, 0.29) is 18.0 Å². The first kappa shape index (κ1) is 21.8. The molecule has 3 heterocycles. The number of H-pyrrole nitrogens is 1. The number of amides is 2. The smallest absolute Gasteiger partial charge is 0.410 e.